The molecule has 1 heterocycles. The Labute approximate surface area is 135 Å². The first-order valence-corrected chi connectivity index (χ1v) is 8.85. The van der Waals surface area contributed by atoms with Crippen molar-refractivity contribution in [3.8, 4) is 0 Å². The predicted octanol–water partition coefficient (Wildman–Crippen LogP) is 1.35. The molecular weight excluding hydrogens is 326 g/mol. The number of hydrogen-bond acceptors (Lipinski definition) is 4. The van der Waals surface area contributed by atoms with Crippen LogP contribution in [0.15, 0.2) is 17.0 Å². The topological polar surface area (TPSA) is 60.9 Å². The number of sulfonamides is 1. The van der Waals surface area contributed by atoms with Crippen molar-refractivity contribution >= 4 is 10.0 Å². The minimum atomic E-state index is -4.07. The first kappa shape index (κ1) is 18.3. The number of hydrogen-bond donors (Lipinski definition) is 1. The Balaban J connectivity index is 2.15. The van der Waals surface area contributed by atoms with E-state index in [0.29, 0.717) is 19.6 Å². The zero-order valence-electron chi connectivity index (χ0n) is 13.5. The van der Waals surface area contributed by atoms with Crippen LogP contribution in [0.3, 0.4) is 0 Å². The average molecular weight is 348 g/mol. The van der Waals surface area contributed by atoms with Gasteiger partial charge in [0, 0.05) is 32.7 Å². The molecule has 0 aromatic heterocycles. The molecule has 0 saturated carbocycles. The smallest absolute Gasteiger partial charge is 0.246 e. The van der Waals surface area contributed by atoms with E-state index >= 15 is 0 Å². The normalized spacial score (nSPS) is 18.3. The largest absolute Gasteiger partial charge is 0.389 e. The van der Waals surface area contributed by atoms with Gasteiger partial charge in [-0.1, -0.05) is 0 Å². The van der Waals surface area contributed by atoms with Gasteiger partial charge in [-0.25, -0.2) is 17.2 Å². The van der Waals surface area contributed by atoms with E-state index in [1.807, 2.05) is 4.90 Å². The summed E-state index contributed by atoms with van der Waals surface area (Å²) < 4.78 is 53.8. The Kier molecular flexibility index (Phi) is 5.10. The van der Waals surface area contributed by atoms with Crippen molar-refractivity contribution in [3.05, 3.63) is 29.3 Å². The van der Waals surface area contributed by atoms with Crippen LogP contribution in [0.2, 0.25) is 0 Å². The molecule has 5 nitrogen and oxygen atoms in total. The lowest BCUT2D eigenvalue weighted by atomic mass is 10.1. The average Bonchev–Trinajstić information content (AvgIpc) is 2.41. The van der Waals surface area contributed by atoms with Gasteiger partial charge in [0.15, 0.2) is 0 Å². The van der Waals surface area contributed by atoms with Crippen LogP contribution in [0.5, 0.6) is 0 Å². The Morgan fingerprint density at radius 2 is 1.70 bits per heavy atom. The molecule has 0 radical (unpaired) electrons. The lowest BCUT2D eigenvalue weighted by Gasteiger charge is -2.36. The van der Waals surface area contributed by atoms with Crippen molar-refractivity contribution in [3.63, 3.8) is 0 Å². The van der Waals surface area contributed by atoms with Gasteiger partial charge >= 0.3 is 0 Å². The molecule has 0 aliphatic carbocycles. The molecule has 0 spiro atoms. The first-order chi connectivity index (χ1) is 10.5. The van der Waals surface area contributed by atoms with Crippen LogP contribution in [0.4, 0.5) is 8.78 Å². The van der Waals surface area contributed by atoms with Gasteiger partial charge in [0.2, 0.25) is 10.0 Å². The van der Waals surface area contributed by atoms with Gasteiger partial charge < -0.3 is 5.11 Å². The zero-order chi connectivity index (χ0) is 17.4. The summed E-state index contributed by atoms with van der Waals surface area (Å²) in [6.45, 7) is 6.37. The number of β-amino-alcohol motifs (C(OH)–C–C–N with tert-alkyl or cyclic N) is 1. The molecule has 1 aromatic rings. The van der Waals surface area contributed by atoms with Gasteiger partial charge in [0.25, 0.3) is 0 Å². The Bertz CT molecular complexity index is 679. The second-order valence-electron chi connectivity index (χ2n) is 6.52. The zero-order valence-corrected chi connectivity index (χ0v) is 14.3. The molecule has 8 heteroatoms. The third-order valence-electron chi connectivity index (χ3n) is 3.77. The fourth-order valence-corrected chi connectivity index (χ4v) is 4.12. The summed E-state index contributed by atoms with van der Waals surface area (Å²) in [7, 11) is -4.07. The molecule has 0 bridgehead atoms. The molecule has 23 heavy (non-hydrogen) atoms. The van der Waals surface area contributed by atoms with Crippen molar-refractivity contribution < 1.29 is 22.3 Å². The van der Waals surface area contributed by atoms with Crippen molar-refractivity contribution in [1.82, 2.24) is 9.21 Å². The summed E-state index contributed by atoms with van der Waals surface area (Å²) in [6.07, 6.45) is 0. The Morgan fingerprint density at radius 1 is 1.13 bits per heavy atom. The highest BCUT2D eigenvalue weighted by Crippen LogP contribution is 2.23. The van der Waals surface area contributed by atoms with Gasteiger partial charge in [0.1, 0.15) is 16.5 Å². The number of nitrogens with zero attached hydrogens (tertiary/aromatic N) is 2. The van der Waals surface area contributed by atoms with E-state index in [1.165, 1.54) is 6.92 Å². The summed E-state index contributed by atoms with van der Waals surface area (Å²) in [5.41, 5.74) is -0.802. The molecule has 1 fully saturated rings. The monoisotopic (exact) mass is 348 g/mol. The summed E-state index contributed by atoms with van der Waals surface area (Å²) in [5.74, 6) is -1.69. The van der Waals surface area contributed by atoms with Crippen molar-refractivity contribution in [2.24, 2.45) is 0 Å². The maximum absolute atomic E-state index is 14.0. The quantitative estimate of drug-likeness (QED) is 0.892. The standard InChI is InChI=1S/C15H22F2N2O3S/c1-11-8-13(17)14(9-12(11)16)23(21,22)19-6-4-18(5-7-19)10-15(2,3)20/h8-9,20H,4-7,10H2,1-3H3. The SMILES string of the molecule is Cc1cc(F)c(S(=O)(=O)N2CCN(CC(C)(C)O)CC2)cc1F. The highest BCUT2D eigenvalue weighted by atomic mass is 32.2. The van der Waals surface area contributed by atoms with Crippen LogP contribution in [0.1, 0.15) is 19.4 Å². The molecule has 2 rings (SSSR count). The van der Waals surface area contributed by atoms with E-state index in [1.54, 1.807) is 13.8 Å². The predicted molar refractivity (Wildman–Crippen MR) is 82.6 cm³/mol. The summed E-state index contributed by atoms with van der Waals surface area (Å²) in [5, 5.41) is 9.80. The first-order valence-electron chi connectivity index (χ1n) is 7.41. The van der Waals surface area contributed by atoms with Crippen LogP contribution >= 0.6 is 0 Å². The lowest BCUT2D eigenvalue weighted by molar-refractivity contribution is 0.0263. The van der Waals surface area contributed by atoms with E-state index in [-0.39, 0.29) is 18.7 Å². The number of halogens is 2. The third-order valence-corrected chi connectivity index (χ3v) is 5.69. The van der Waals surface area contributed by atoms with Crippen LogP contribution < -0.4 is 0 Å². The number of benzene rings is 1. The van der Waals surface area contributed by atoms with Gasteiger partial charge in [-0.2, -0.15) is 4.31 Å². The van der Waals surface area contributed by atoms with Gasteiger partial charge in [-0.3, -0.25) is 4.90 Å². The molecular formula is C15H22F2N2O3S. The molecule has 1 saturated heterocycles. The minimum Gasteiger partial charge on any atom is -0.389 e. The number of piperazine rings is 1. The Hall–Kier alpha value is -1.09. The van der Waals surface area contributed by atoms with E-state index < -0.39 is 32.2 Å². The molecule has 0 atom stereocenters. The van der Waals surface area contributed by atoms with Crippen LogP contribution in [0.25, 0.3) is 0 Å². The van der Waals surface area contributed by atoms with E-state index in [9.17, 15) is 22.3 Å². The molecule has 130 valence electrons. The number of aryl methyl sites for hydroxylation is 1. The maximum atomic E-state index is 14.0. The van der Waals surface area contributed by atoms with Gasteiger partial charge in [0.05, 0.1) is 5.60 Å². The minimum absolute atomic E-state index is 0.0662. The van der Waals surface area contributed by atoms with E-state index in [2.05, 4.69) is 0 Å². The van der Waals surface area contributed by atoms with Crippen molar-refractivity contribution in [2.45, 2.75) is 31.3 Å². The highest BCUT2D eigenvalue weighted by Gasteiger charge is 2.32. The molecule has 1 N–H and O–H groups in total. The number of aliphatic hydroxyl groups is 1. The Morgan fingerprint density at radius 3 is 2.22 bits per heavy atom. The maximum Gasteiger partial charge on any atom is 0.246 e. The van der Waals surface area contributed by atoms with Crippen LogP contribution in [-0.4, -0.2) is 61.1 Å². The van der Waals surface area contributed by atoms with Crippen molar-refractivity contribution in [2.75, 3.05) is 32.7 Å². The second kappa shape index (κ2) is 6.43. The summed E-state index contributed by atoms with van der Waals surface area (Å²) in [6, 6.07) is 1.63. The van der Waals surface area contributed by atoms with Gasteiger partial charge in [-0.05, 0) is 38.5 Å². The summed E-state index contributed by atoms with van der Waals surface area (Å²) >= 11 is 0. The number of rotatable bonds is 4. The van der Waals surface area contributed by atoms with E-state index in [0.717, 1.165) is 16.4 Å². The lowest BCUT2D eigenvalue weighted by Crippen LogP contribution is -2.51. The van der Waals surface area contributed by atoms with Crippen LogP contribution in [0, 0.1) is 18.6 Å². The highest BCUT2D eigenvalue weighted by molar-refractivity contribution is 7.89. The summed E-state index contributed by atoms with van der Waals surface area (Å²) in [4.78, 5) is 1.31. The molecule has 0 amide bonds. The second-order valence-corrected chi connectivity index (χ2v) is 8.43. The third kappa shape index (κ3) is 4.26. The molecule has 0 unspecified atom stereocenters. The van der Waals surface area contributed by atoms with E-state index in [4.69, 9.17) is 0 Å². The molecule has 1 aliphatic rings. The molecule has 1 aliphatic heterocycles. The van der Waals surface area contributed by atoms with Gasteiger partial charge in [-0.15, -0.1) is 0 Å². The fraction of sp³-hybridized carbons (Fsp3) is 0.600. The van der Waals surface area contributed by atoms with Crippen molar-refractivity contribution in [1.29, 1.82) is 0 Å². The fourth-order valence-electron chi connectivity index (χ4n) is 2.64. The van der Waals surface area contributed by atoms with Crippen LogP contribution in [-0.2, 0) is 10.0 Å². The molecule has 1 aromatic carbocycles.